The van der Waals surface area contributed by atoms with Crippen molar-refractivity contribution in [2.24, 2.45) is 0 Å². The molecule has 0 radical (unpaired) electrons. The molecular formula is C18H24N4O3. The Kier molecular flexibility index (Phi) is 4.94. The minimum atomic E-state index is -0.406. The van der Waals surface area contributed by atoms with E-state index in [9.17, 15) is 4.79 Å². The third-order valence-corrected chi connectivity index (χ3v) is 4.43. The van der Waals surface area contributed by atoms with E-state index in [2.05, 4.69) is 10.4 Å². The van der Waals surface area contributed by atoms with E-state index in [1.54, 1.807) is 0 Å². The molecule has 0 fully saturated rings. The number of fused-ring (bicyclic) bond motifs is 1. The Bertz CT molecular complexity index is 770. The minimum absolute atomic E-state index is 0.0625. The normalized spacial score (nSPS) is 14.0. The van der Waals surface area contributed by atoms with Crippen LogP contribution in [-0.2, 0) is 17.9 Å². The fourth-order valence-corrected chi connectivity index (χ4v) is 3.02. The van der Waals surface area contributed by atoms with Crippen molar-refractivity contribution in [2.45, 2.75) is 33.0 Å². The van der Waals surface area contributed by atoms with Crippen LogP contribution >= 0.6 is 0 Å². The van der Waals surface area contributed by atoms with Crippen LogP contribution in [-0.4, -0.2) is 41.5 Å². The summed E-state index contributed by atoms with van der Waals surface area (Å²) in [4.78, 5) is 14.7. The van der Waals surface area contributed by atoms with Crippen molar-refractivity contribution in [1.29, 1.82) is 0 Å². The molecule has 1 amide bonds. The van der Waals surface area contributed by atoms with E-state index >= 15 is 0 Å². The second-order valence-corrected chi connectivity index (χ2v) is 6.27. The average Bonchev–Trinajstić information content (AvgIpc) is 3.18. The molecule has 1 atom stereocenters. The zero-order valence-electron chi connectivity index (χ0n) is 15.1. The van der Waals surface area contributed by atoms with E-state index in [0.717, 1.165) is 23.4 Å². The molecule has 0 saturated carbocycles. The van der Waals surface area contributed by atoms with Crippen molar-refractivity contribution >= 4 is 5.91 Å². The van der Waals surface area contributed by atoms with Crippen molar-refractivity contribution in [3.8, 4) is 11.5 Å². The Hall–Kier alpha value is -2.54. The highest BCUT2D eigenvalue weighted by atomic mass is 16.7. The second-order valence-electron chi connectivity index (χ2n) is 6.27. The molecule has 0 spiro atoms. The maximum atomic E-state index is 12.8. The van der Waals surface area contributed by atoms with Crippen molar-refractivity contribution in [3.05, 3.63) is 41.2 Å². The molecular weight excluding hydrogens is 320 g/mol. The Morgan fingerprint density at radius 2 is 2.12 bits per heavy atom. The highest BCUT2D eigenvalue weighted by Gasteiger charge is 2.25. The molecule has 1 aromatic carbocycles. The largest absolute Gasteiger partial charge is 0.454 e. The molecule has 1 N–H and O–H groups in total. The molecule has 25 heavy (non-hydrogen) atoms. The average molecular weight is 344 g/mol. The van der Waals surface area contributed by atoms with Gasteiger partial charge in [0.15, 0.2) is 11.5 Å². The van der Waals surface area contributed by atoms with Gasteiger partial charge in [-0.25, -0.2) is 0 Å². The van der Waals surface area contributed by atoms with Crippen LogP contribution in [0.5, 0.6) is 11.5 Å². The lowest BCUT2D eigenvalue weighted by atomic mass is 10.0. The van der Waals surface area contributed by atoms with Crippen LogP contribution in [0.1, 0.15) is 29.8 Å². The molecule has 7 nitrogen and oxygen atoms in total. The highest BCUT2D eigenvalue weighted by Crippen LogP contribution is 2.35. The topological polar surface area (TPSA) is 68.6 Å². The number of amides is 1. The smallest absolute Gasteiger partial charge is 0.242 e. The van der Waals surface area contributed by atoms with Gasteiger partial charge in [-0.05, 0) is 45.6 Å². The second kappa shape index (κ2) is 7.14. The molecule has 1 aliphatic heterocycles. The van der Waals surface area contributed by atoms with Crippen molar-refractivity contribution in [1.82, 2.24) is 20.0 Å². The van der Waals surface area contributed by atoms with E-state index in [-0.39, 0.29) is 12.7 Å². The summed E-state index contributed by atoms with van der Waals surface area (Å²) in [6.07, 6.45) is 1.81. The first-order chi connectivity index (χ1) is 12.0. The number of nitrogens with one attached hydrogen (secondary N) is 1. The molecule has 1 unspecified atom stereocenters. The first-order valence-electron chi connectivity index (χ1n) is 8.36. The quantitative estimate of drug-likeness (QED) is 0.866. The molecule has 134 valence electrons. The first-order valence-corrected chi connectivity index (χ1v) is 8.36. The molecule has 0 bridgehead atoms. The predicted molar refractivity (Wildman–Crippen MR) is 93.5 cm³/mol. The summed E-state index contributed by atoms with van der Waals surface area (Å²) >= 11 is 0. The van der Waals surface area contributed by atoms with Gasteiger partial charge in [0, 0.05) is 24.3 Å². The number of aromatic nitrogens is 2. The Balaban J connectivity index is 1.74. The van der Waals surface area contributed by atoms with Crippen LogP contribution in [0.25, 0.3) is 0 Å². The fourth-order valence-electron chi connectivity index (χ4n) is 3.02. The summed E-state index contributed by atoms with van der Waals surface area (Å²) in [6.45, 7) is 5.55. The first kappa shape index (κ1) is 17.3. The standard InChI is InChI=1S/C18H24N4O3/c1-5-22-12(2)14(10-20-22)9-19-18(23)17(21(3)4)13-6-7-15-16(8-13)25-11-24-15/h6-8,10,17H,5,9,11H2,1-4H3,(H,19,23). The lowest BCUT2D eigenvalue weighted by molar-refractivity contribution is -0.125. The number of rotatable bonds is 6. The third-order valence-electron chi connectivity index (χ3n) is 4.43. The zero-order chi connectivity index (χ0) is 18.0. The van der Waals surface area contributed by atoms with E-state index < -0.39 is 6.04 Å². The van der Waals surface area contributed by atoms with Crippen molar-refractivity contribution < 1.29 is 14.3 Å². The number of hydrogen-bond acceptors (Lipinski definition) is 5. The van der Waals surface area contributed by atoms with Gasteiger partial charge >= 0.3 is 0 Å². The van der Waals surface area contributed by atoms with Gasteiger partial charge in [-0.1, -0.05) is 6.07 Å². The Morgan fingerprint density at radius 1 is 1.36 bits per heavy atom. The maximum absolute atomic E-state index is 12.8. The molecule has 3 rings (SSSR count). The van der Waals surface area contributed by atoms with Gasteiger partial charge in [-0.3, -0.25) is 14.4 Å². The number of carbonyl (C=O) groups excluding carboxylic acids is 1. The van der Waals surface area contributed by atoms with E-state index in [0.29, 0.717) is 18.0 Å². The van der Waals surface area contributed by atoms with Gasteiger partial charge in [0.2, 0.25) is 12.7 Å². The summed E-state index contributed by atoms with van der Waals surface area (Å²) < 4.78 is 12.7. The summed E-state index contributed by atoms with van der Waals surface area (Å²) in [6, 6.07) is 5.21. The Labute approximate surface area is 147 Å². The highest BCUT2D eigenvalue weighted by molar-refractivity contribution is 5.83. The number of carbonyl (C=O) groups is 1. The zero-order valence-corrected chi connectivity index (χ0v) is 15.1. The molecule has 1 aliphatic rings. The van der Waals surface area contributed by atoms with Gasteiger partial charge in [0.05, 0.1) is 6.20 Å². The number of ether oxygens (including phenoxy) is 2. The summed E-state index contributed by atoms with van der Waals surface area (Å²) in [5.41, 5.74) is 2.97. The monoisotopic (exact) mass is 344 g/mol. The Morgan fingerprint density at radius 3 is 2.80 bits per heavy atom. The van der Waals surface area contributed by atoms with E-state index in [1.807, 2.05) is 61.9 Å². The lowest BCUT2D eigenvalue weighted by Gasteiger charge is -2.24. The summed E-state index contributed by atoms with van der Waals surface area (Å²) in [5.74, 6) is 1.33. The van der Waals surface area contributed by atoms with E-state index in [4.69, 9.17) is 9.47 Å². The van der Waals surface area contributed by atoms with Crippen LogP contribution in [0, 0.1) is 6.92 Å². The number of hydrogen-bond donors (Lipinski definition) is 1. The maximum Gasteiger partial charge on any atom is 0.242 e. The molecule has 2 aromatic rings. The molecule has 0 saturated heterocycles. The van der Waals surface area contributed by atoms with Crippen LogP contribution in [0.2, 0.25) is 0 Å². The van der Waals surface area contributed by atoms with Crippen molar-refractivity contribution in [3.63, 3.8) is 0 Å². The third kappa shape index (κ3) is 3.46. The number of nitrogens with zero attached hydrogens (tertiary/aromatic N) is 3. The summed E-state index contributed by atoms with van der Waals surface area (Å²) in [5, 5.41) is 7.33. The van der Waals surface area contributed by atoms with Gasteiger partial charge < -0.3 is 14.8 Å². The van der Waals surface area contributed by atoms with Gasteiger partial charge in [0.25, 0.3) is 0 Å². The van der Waals surface area contributed by atoms with Crippen LogP contribution in [0.3, 0.4) is 0 Å². The molecule has 0 aliphatic carbocycles. The minimum Gasteiger partial charge on any atom is -0.454 e. The van der Waals surface area contributed by atoms with Crippen LogP contribution < -0.4 is 14.8 Å². The van der Waals surface area contributed by atoms with Gasteiger partial charge in [-0.2, -0.15) is 5.10 Å². The summed E-state index contributed by atoms with van der Waals surface area (Å²) in [7, 11) is 3.77. The van der Waals surface area contributed by atoms with Crippen molar-refractivity contribution in [2.75, 3.05) is 20.9 Å². The molecule has 7 heteroatoms. The number of aryl methyl sites for hydroxylation is 1. The number of likely N-dealkylation sites (N-methyl/N-ethyl adjacent to an activating group) is 1. The van der Waals surface area contributed by atoms with Crippen LogP contribution in [0.15, 0.2) is 24.4 Å². The SMILES string of the molecule is CCn1ncc(CNC(=O)C(c2ccc3c(c2)OCO3)N(C)C)c1C. The fraction of sp³-hybridized carbons (Fsp3) is 0.444. The lowest BCUT2D eigenvalue weighted by Crippen LogP contribution is -2.36. The molecule has 2 heterocycles. The van der Waals surface area contributed by atoms with Crippen LogP contribution in [0.4, 0.5) is 0 Å². The molecule has 1 aromatic heterocycles. The van der Waals surface area contributed by atoms with Gasteiger partial charge in [-0.15, -0.1) is 0 Å². The number of benzene rings is 1. The van der Waals surface area contributed by atoms with E-state index in [1.165, 1.54) is 0 Å². The predicted octanol–water partition coefficient (Wildman–Crippen LogP) is 1.86. The van der Waals surface area contributed by atoms with Gasteiger partial charge in [0.1, 0.15) is 6.04 Å².